The monoisotopic (exact) mass is 658 g/mol. The third-order valence-corrected chi connectivity index (χ3v) is 6.15. The maximum absolute atomic E-state index is 8.84. The molecular weight excluding hydrogens is 637 g/mol. The van der Waals surface area contributed by atoms with Gasteiger partial charge in [0.1, 0.15) is 0 Å². The fourth-order valence-electron chi connectivity index (χ4n) is 4.45. The minimum absolute atomic E-state index is 0. The first-order valence-corrected chi connectivity index (χ1v) is 11.7. The van der Waals surface area contributed by atoms with Crippen LogP contribution in [0, 0.1) is 11.3 Å². The predicted molar refractivity (Wildman–Crippen MR) is 147 cm³/mol. The van der Waals surface area contributed by atoms with E-state index in [1.165, 1.54) is 0 Å². The maximum Gasteiger partial charge on any atom is 1.00 e. The Hall–Kier alpha value is -4.49. The van der Waals surface area contributed by atoms with E-state index >= 15 is 0 Å². The maximum atomic E-state index is 8.84. The van der Waals surface area contributed by atoms with Crippen LogP contribution in [-0.2, 0) is 22.4 Å². The summed E-state index contributed by atoms with van der Waals surface area (Å²) in [5.74, 6) is 0. The van der Waals surface area contributed by atoms with Crippen molar-refractivity contribution in [1.82, 2.24) is 14.1 Å². The molecule has 0 saturated heterocycles. The number of nitrogens with zero attached hydrogens (tertiary/aromatic N) is 4. The van der Waals surface area contributed by atoms with Gasteiger partial charge in [-0.1, -0.05) is 78.9 Å². The Balaban J connectivity index is 0.000000155. The predicted octanol–water partition coefficient (Wildman–Crippen LogP) is 7.36. The van der Waals surface area contributed by atoms with Crippen LogP contribution < -0.4 is 14.1 Å². The molecule has 7 rings (SSSR count). The summed E-state index contributed by atoms with van der Waals surface area (Å²) in [5.41, 5.74) is 7.14. The van der Waals surface area contributed by atoms with Crippen molar-refractivity contribution in [2.24, 2.45) is 0 Å². The number of rotatable bonds is 2. The van der Waals surface area contributed by atoms with Gasteiger partial charge in [0.05, 0.1) is 11.6 Å². The van der Waals surface area contributed by atoms with E-state index in [1.807, 2.05) is 72.8 Å². The van der Waals surface area contributed by atoms with E-state index in [9.17, 15) is 0 Å². The molecule has 0 atom stereocenters. The molecular formula is C32H21AuN4+2. The molecule has 0 fully saturated rings. The van der Waals surface area contributed by atoms with E-state index in [1.54, 1.807) is 6.07 Å². The van der Waals surface area contributed by atoms with Gasteiger partial charge in [0.25, 0.3) is 11.4 Å². The first-order valence-electron chi connectivity index (χ1n) is 11.7. The number of benzene rings is 5. The second kappa shape index (κ2) is 10.6. The second-order valence-electron chi connectivity index (χ2n) is 8.40. The summed E-state index contributed by atoms with van der Waals surface area (Å²) in [5, 5.41) is 11.0. The van der Waals surface area contributed by atoms with Crippen LogP contribution in [0.1, 0.15) is 5.56 Å². The second-order valence-corrected chi connectivity index (χ2v) is 8.40. The Morgan fingerprint density at radius 3 is 1.68 bits per heavy atom. The van der Waals surface area contributed by atoms with Crippen LogP contribution in [0.25, 0.3) is 21.8 Å². The number of hydrogen-bond acceptors (Lipinski definition) is 1. The van der Waals surface area contributed by atoms with Crippen molar-refractivity contribution in [3.8, 4) is 6.07 Å². The standard InChI is InChI=1S/C19H14N2.C13H7N2.Au/c1-3-9-16(10-4-1)20-15-21(17-11-5-2-6-12-17)19-14-8-7-13-18(19)20;14-8-9-5-6-13-11(7-9)10-3-1-2-4-12(10)15-13;/h1-14H;1-7H;/q+2;-1;+1. The van der Waals surface area contributed by atoms with Gasteiger partial charge in [-0.3, -0.25) is 0 Å². The van der Waals surface area contributed by atoms with Gasteiger partial charge in [0.15, 0.2) is 0 Å². The normalized spacial score (nSPS) is 11.4. The van der Waals surface area contributed by atoms with Gasteiger partial charge in [-0.2, -0.15) is 5.26 Å². The average Bonchev–Trinajstić information content (AvgIpc) is 3.53. The molecule has 2 heterocycles. The van der Waals surface area contributed by atoms with E-state index in [0.29, 0.717) is 5.56 Å². The molecule has 1 aliphatic rings. The molecule has 0 saturated carbocycles. The number of aromatic nitrogens is 1. The molecule has 37 heavy (non-hydrogen) atoms. The summed E-state index contributed by atoms with van der Waals surface area (Å²) < 4.78 is 4.20. The average molecular weight is 659 g/mol. The molecule has 0 radical (unpaired) electrons. The molecule has 6 aromatic rings. The molecule has 0 amide bonds. The summed E-state index contributed by atoms with van der Waals surface area (Å²) in [6.45, 7) is 0. The Labute approximate surface area is 230 Å². The first kappa shape index (κ1) is 24.2. The van der Waals surface area contributed by atoms with Gasteiger partial charge in [-0.25, -0.2) is 0 Å². The van der Waals surface area contributed by atoms with E-state index in [4.69, 9.17) is 5.26 Å². The molecule has 4 nitrogen and oxygen atoms in total. The molecule has 1 aliphatic heterocycles. The molecule has 0 spiro atoms. The smallest absolute Gasteiger partial charge is 0.657 e. The Morgan fingerprint density at radius 1 is 0.568 bits per heavy atom. The van der Waals surface area contributed by atoms with E-state index in [2.05, 4.69) is 74.7 Å². The minimum atomic E-state index is 0. The zero-order chi connectivity index (χ0) is 24.3. The molecule has 0 unspecified atom stereocenters. The van der Waals surface area contributed by atoms with Crippen LogP contribution in [-0.4, -0.2) is 6.01 Å². The van der Waals surface area contributed by atoms with Crippen LogP contribution in [0.3, 0.4) is 0 Å². The van der Waals surface area contributed by atoms with Crippen LogP contribution >= 0.6 is 0 Å². The van der Waals surface area contributed by atoms with Crippen molar-refractivity contribution >= 4 is 50.6 Å². The van der Waals surface area contributed by atoms with Gasteiger partial charge in [0, 0.05) is 36.4 Å². The third-order valence-electron chi connectivity index (χ3n) is 6.15. The van der Waals surface area contributed by atoms with Gasteiger partial charge in [-0.05, 0) is 32.1 Å². The Morgan fingerprint density at radius 2 is 1.08 bits per heavy atom. The molecule has 0 N–H and O–H groups in total. The van der Waals surface area contributed by atoms with E-state index < -0.39 is 0 Å². The SMILES string of the molecule is C1=[N+](c2ccccc2)c2ccccc2[N+]=1c1ccccc1.N#Cc1ccc2[n-]c3ccccc3c2c1.[Au+]. The molecule has 5 aromatic carbocycles. The number of fused-ring (bicyclic) bond motifs is 4. The Kier molecular flexibility index (Phi) is 6.96. The van der Waals surface area contributed by atoms with Crippen molar-refractivity contribution in [1.29, 1.82) is 5.26 Å². The van der Waals surface area contributed by atoms with Crippen molar-refractivity contribution < 1.29 is 22.4 Å². The van der Waals surface area contributed by atoms with Crippen LogP contribution in [0.4, 0.5) is 22.7 Å². The van der Waals surface area contributed by atoms with Gasteiger partial charge in [0.2, 0.25) is 11.4 Å². The quantitative estimate of drug-likeness (QED) is 0.144. The molecule has 0 aliphatic carbocycles. The summed E-state index contributed by atoms with van der Waals surface area (Å²) in [7, 11) is 0. The van der Waals surface area contributed by atoms with Crippen molar-refractivity contribution in [2.45, 2.75) is 0 Å². The van der Waals surface area contributed by atoms with Crippen LogP contribution in [0.5, 0.6) is 0 Å². The van der Waals surface area contributed by atoms with Crippen molar-refractivity contribution in [3.05, 3.63) is 133 Å². The van der Waals surface area contributed by atoms with Gasteiger partial charge < -0.3 is 4.98 Å². The zero-order valence-electron chi connectivity index (χ0n) is 19.7. The third kappa shape index (κ3) is 4.69. The first-order chi connectivity index (χ1) is 17.8. The van der Waals surface area contributed by atoms with Crippen LogP contribution in [0.2, 0.25) is 0 Å². The van der Waals surface area contributed by atoms with Gasteiger partial charge >= 0.3 is 28.4 Å². The van der Waals surface area contributed by atoms with Crippen LogP contribution in [0.15, 0.2) is 127 Å². The van der Waals surface area contributed by atoms with Crippen molar-refractivity contribution in [3.63, 3.8) is 0 Å². The van der Waals surface area contributed by atoms with E-state index in [0.717, 1.165) is 44.6 Å². The largest absolute Gasteiger partial charge is 1.00 e. The molecule has 178 valence electrons. The fourth-order valence-corrected chi connectivity index (χ4v) is 4.45. The fraction of sp³-hybridized carbons (Fsp3) is 0. The zero-order valence-corrected chi connectivity index (χ0v) is 21.9. The molecule has 5 heteroatoms. The topological polar surface area (TPSA) is 43.9 Å². The van der Waals surface area contributed by atoms with E-state index in [-0.39, 0.29) is 22.4 Å². The van der Waals surface area contributed by atoms with Crippen molar-refractivity contribution in [2.75, 3.05) is 0 Å². The minimum Gasteiger partial charge on any atom is -0.657 e. The summed E-state index contributed by atoms with van der Waals surface area (Å²) in [6.07, 6.45) is 0. The number of nitriles is 1. The summed E-state index contributed by atoms with van der Waals surface area (Å²) >= 11 is 0. The summed E-state index contributed by atoms with van der Waals surface area (Å²) in [6, 6.07) is 48.2. The summed E-state index contributed by atoms with van der Waals surface area (Å²) in [4.78, 5) is 4.48. The molecule has 1 aromatic heterocycles. The Bertz CT molecular complexity index is 1750. The molecule has 0 bridgehead atoms. The van der Waals surface area contributed by atoms with Gasteiger partial charge in [-0.15, -0.1) is 11.0 Å². The number of para-hydroxylation sites is 5. The number of hydrogen-bond donors (Lipinski definition) is 0.